The van der Waals surface area contributed by atoms with Crippen LogP contribution < -0.4 is 25.3 Å². The minimum absolute atomic E-state index is 0.0394. The topological polar surface area (TPSA) is 102 Å². The Labute approximate surface area is 339 Å². The third kappa shape index (κ3) is 7.88. The van der Waals surface area contributed by atoms with Crippen LogP contribution in [0.5, 0.6) is 34.5 Å². The summed E-state index contributed by atoms with van der Waals surface area (Å²) in [6.45, 7) is 4.80. The molecule has 0 atom stereocenters. The van der Waals surface area contributed by atoms with Crippen LogP contribution >= 0.6 is 46.4 Å². The number of aromatic nitrogens is 4. The highest BCUT2D eigenvalue weighted by Crippen LogP contribution is 2.39. The number of hydrogen-bond acceptors (Lipinski definition) is 6. The molecule has 4 aromatic carbocycles. The van der Waals surface area contributed by atoms with Crippen LogP contribution in [0.3, 0.4) is 0 Å². The third-order valence-corrected chi connectivity index (χ3v) is 10.7. The molecule has 0 spiro atoms. The predicted octanol–water partition coefficient (Wildman–Crippen LogP) is 10.8. The van der Waals surface area contributed by atoms with Gasteiger partial charge in [0.1, 0.15) is 56.4 Å². The van der Waals surface area contributed by atoms with Crippen molar-refractivity contribution in [2.24, 2.45) is 0 Å². The van der Waals surface area contributed by atoms with Gasteiger partial charge in [-0.15, -0.1) is 0 Å². The highest BCUT2D eigenvalue weighted by molar-refractivity contribution is 6.34. The van der Waals surface area contributed by atoms with Gasteiger partial charge in [0.05, 0.1) is 27.8 Å². The predicted molar refractivity (Wildman–Crippen MR) is 213 cm³/mol. The molecule has 8 rings (SSSR count). The smallest absolute Gasteiger partial charge is 0.276 e. The Morgan fingerprint density at radius 3 is 1.36 bits per heavy atom. The van der Waals surface area contributed by atoms with Gasteiger partial charge in [-0.1, -0.05) is 46.4 Å². The van der Waals surface area contributed by atoms with Crippen molar-refractivity contribution in [2.45, 2.75) is 58.8 Å². The zero-order valence-electron chi connectivity index (χ0n) is 29.8. The second-order valence-electron chi connectivity index (χ2n) is 13.0. The molecule has 0 saturated carbocycles. The van der Waals surface area contributed by atoms with Crippen molar-refractivity contribution < 1.29 is 28.1 Å². The maximum absolute atomic E-state index is 14.7. The summed E-state index contributed by atoms with van der Waals surface area (Å²) in [5, 5.41) is 9.95. The van der Waals surface area contributed by atoms with Crippen molar-refractivity contribution in [1.29, 1.82) is 0 Å². The first kappa shape index (κ1) is 39.4. The number of benzene rings is 4. The molecule has 2 aromatic heterocycles. The molecule has 56 heavy (non-hydrogen) atoms. The number of halogens is 6. The van der Waals surface area contributed by atoms with E-state index in [4.69, 9.17) is 60.6 Å². The van der Waals surface area contributed by atoms with Gasteiger partial charge in [0.15, 0.2) is 0 Å². The van der Waals surface area contributed by atoms with Crippen LogP contribution in [0.2, 0.25) is 20.4 Å². The Kier molecular flexibility index (Phi) is 11.7. The molecule has 16 heteroatoms. The van der Waals surface area contributed by atoms with Crippen molar-refractivity contribution in [2.75, 3.05) is 6.61 Å². The number of fused-ring (bicyclic) bond motifs is 2. The monoisotopic (exact) mass is 844 g/mol. The number of nitrogens with zero attached hydrogens (tertiary/aromatic N) is 4. The van der Waals surface area contributed by atoms with Crippen molar-refractivity contribution in [3.63, 3.8) is 0 Å². The number of rotatable bonds is 8. The molecule has 10 nitrogen and oxygen atoms in total. The lowest BCUT2D eigenvalue weighted by atomic mass is 10.1. The van der Waals surface area contributed by atoms with Gasteiger partial charge in [-0.25, -0.2) is 18.1 Å². The SMILES string of the molecule is CCOc1ccc(Oc2cc(-c3c(Cl)n4n(c3=O)CCCC4)c(F)cc2Cl)cc1.O=c1c(-c2cc(Oc3ccc(O)cc3)c(Cl)cc2F)c(Cl)n2n1CCCC2. The maximum atomic E-state index is 14.7. The van der Waals surface area contributed by atoms with Crippen molar-refractivity contribution in [3.8, 4) is 56.8 Å². The van der Waals surface area contributed by atoms with E-state index < -0.39 is 11.6 Å². The molecule has 0 saturated heterocycles. The highest BCUT2D eigenvalue weighted by Gasteiger charge is 2.27. The van der Waals surface area contributed by atoms with Gasteiger partial charge < -0.3 is 19.3 Å². The Morgan fingerprint density at radius 1 is 0.589 bits per heavy atom. The van der Waals surface area contributed by atoms with Crippen LogP contribution in [-0.4, -0.2) is 30.4 Å². The fourth-order valence-corrected chi connectivity index (χ4v) is 7.74. The Balaban J connectivity index is 0.000000172. The van der Waals surface area contributed by atoms with E-state index in [0.717, 1.165) is 37.8 Å². The molecule has 2 aliphatic heterocycles. The van der Waals surface area contributed by atoms with Gasteiger partial charge in [-0.3, -0.25) is 19.0 Å². The molecule has 6 aromatic rings. The van der Waals surface area contributed by atoms with Gasteiger partial charge in [-0.05, 0) is 105 Å². The van der Waals surface area contributed by atoms with Gasteiger partial charge in [0.2, 0.25) is 0 Å². The summed E-state index contributed by atoms with van der Waals surface area (Å²) in [5.41, 5.74) is -0.320. The van der Waals surface area contributed by atoms with E-state index in [1.165, 1.54) is 28.9 Å². The first-order valence-corrected chi connectivity index (χ1v) is 19.3. The Hall–Kier alpha value is -4.88. The van der Waals surface area contributed by atoms with E-state index >= 15 is 0 Å². The summed E-state index contributed by atoms with van der Waals surface area (Å²) in [4.78, 5) is 25.6. The van der Waals surface area contributed by atoms with Crippen LogP contribution in [0.25, 0.3) is 22.3 Å². The molecule has 0 radical (unpaired) electrons. The average Bonchev–Trinajstić information content (AvgIpc) is 3.59. The zero-order chi connectivity index (χ0) is 39.7. The quantitative estimate of drug-likeness (QED) is 0.164. The van der Waals surface area contributed by atoms with Crippen molar-refractivity contribution in [1.82, 2.24) is 18.7 Å². The van der Waals surface area contributed by atoms with Gasteiger partial charge in [-0.2, -0.15) is 0 Å². The minimum atomic E-state index is -0.652. The standard InChI is InChI=1S/C21H19Cl2FN2O3.C19H15Cl2FN2O3/c1-2-28-13-5-7-14(8-6-13)29-18-11-15(17(24)12-16(18)22)19-20(23)25-9-3-4-10-26(25)21(19)27;20-14-10-15(22)13(9-16(14)27-12-5-3-11(25)4-6-12)17-18(21)23-7-1-2-8-24(23)19(17)26/h5-8,11-12H,2-4,9-10H2,1H3;3-6,9-10,25H,1-2,7-8H2. The van der Waals surface area contributed by atoms with Crippen LogP contribution in [0, 0.1) is 11.6 Å². The summed E-state index contributed by atoms with van der Waals surface area (Å²) in [6.07, 6.45) is 3.58. The van der Waals surface area contributed by atoms with Gasteiger partial charge in [0.25, 0.3) is 11.1 Å². The summed E-state index contributed by atoms with van der Waals surface area (Å²) in [6, 6.07) is 18.0. The maximum Gasteiger partial charge on any atom is 0.276 e. The molecule has 0 aliphatic carbocycles. The molecule has 292 valence electrons. The van der Waals surface area contributed by atoms with E-state index in [9.17, 15) is 23.5 Å². The van der Waals surface area contributed by atoms with Crippen LogP contribution in [0.15, 0.2) is 82.4 Å². The lowest BCUT2D eigenvalue weighted by molar-refractivity contribution is 0.339. The first-order valence-electron chi connectivity index (χ1n) is 17.8. The van der Waals surface area contributed by atoms with E-state index in [1.54, 1.807) is 50.4 Å². The largest absolute Gasteiger partial charge is 0.508 e. The number of hydrogen-bond donors (Lipinski definition) is 1. The molecule has 2 aliphatic rings. The normalized spacial score (nSPS) is 13.3. The number of ether oxygens (including phenoxy) is 3. The number of phenolic OH excluding ortho intramolecular Hbond substituents is 1. The fraction of sp³-hybridized carbons (Fsp3) is 0.250. The number of aromatic hydroxyl groups is 1. The molecule has 1 N–H and O–H groups in total. The van der Waals surface area contributed by atoms with Gasteiger partial charge >= 0.3 is 0 Å². The summed E-state index contributed by atoms with van der Waals surface area (Å²) in [5.74, 6) is 0.855. The van der Waals surface area contributed by atoms with Crippen LogP contribution in [-0.2, 0) is 26.2 Å². The third-order valence-electron chi connectivity index (χ3n) is 9.33. The second-order valence-corrected chi connectivity index (χ2v) is 14.5. The Morgan fingerprint density at radius 2 is 0.964 bits per heavy atom. The highest BCUT2D eigenvalue weighted by atomic mass is 35.5. The molecule has 0 amide bonds. The summed E-state index contributed by atoms with van der Waals surface area (Å²) in [7, 11) is 0. The molecule has 0 unspecified atom stereocenters. The lowest BCUT2D eigenvalue weighted by Crippen LogP contribution is -2.27. The zero-order valence-corrected chi connectivity index (χ0v) is 32.9. The molecule has 4 heterocycles. The molecule has 0 fully saturated rings. The summed E-state index contributed by atoms with van der Waals surface area (Å²) < 4.78 is 52.8. The fourth-order valence-electron chi connectivity index (χ4n) is 6.64. The van der Waals surface area contributed by atoms with E-state index in [-0.39, 0.29) is 71.0 Å². The summed E-state index contributed by atoms with van der Waals surface area (Å²) >= 11 is 25.1. The molecular formula is C40H34Cl4F2N4O6. The Bertz CT molecular complexity index is 2530. The van der Waals surface area contributed by atoms with Crippen molar-refractivity contribution >= 4 is 46.4 Å². The lowest BCUT2D eigenvalue weighted by Gasteiger charge is -2.17. The van der Waals surface area contributed by atoms with Crippen LogP contribution in [0.4, 0.5) is 8.78 Å². The minimum Gasteiger partial charge on any atom is -0.508 e. The van der Waals surface area contributed by atoms with Crippen molar-refractivity contribution in [3.05, 3.63) is 125 Å². The first-order chi connectivity index (χ1) is 26.9. The van der Waals surface area contributed by atoms with E-state index in [2.05, 4.69) is 0 Å². The van der Waals surface area contributed by atoms with E-state index in [1.807, 2.05) is 6.92 Å². The van der Waals surface area contributed by atoms with E-state index in [0.29, 0.717) is 50.0 Å². The molecular weight excluding hydrogens is 812 g/mol. The average molecular weight is 847 g/mol. The molecule has 0 bridgehead atoms. The number of phenols is 1. The van der Waals surface area contributed by atoms with Gasteiger partial charge in [0, 0.05) is 37.3 Å². The second kappa shape index (κ2) is 16.7. The van der Waals surface area contributed by atoms with Crippen LogP contribution in [0.1, 0.15) is 32.6 Å².